The highest BCUT2D eigenvalue weighted by atomic mass is 16.8. The zero-order valence-corrected chi connectivity index (χ0v) is 10.6. The Bertz CT molecular complexity index is 570. The first-order chi connectivity index (χ1) is 9.36. The van der Waals surface area contributed by atoms with Crippen LogP contribution in [0.2, 0.25) is 0 Å². The largest absolute Gasteiger partial charge is 0.864 e. The van der Waals surface area contributed by atoms with Gasteiger partial charge in [-0.3, -0.25) is 0 Å². The van der Waals surface area contributed by atoms with Gasteiger partial charge in [-0.25, -0.2) is 0 Å². The van der Waals surface area contributed by atoms with Crippen LogP contribution in [0.5, 0.6) is 11.5 Å². The van der Waals surface area contributed by atoms with Gasteiger partial charge in [-0.1, -0.05) is 42.5 Å². The Labute approximate surface area is 112 Å². The number of benzene rings is 2. The van der Waals surface area contributed by atoms with Gasteiger partial charge in [-0.15, -0.1) is 0 Å². The molecule has 1 aliphatic rings. The molecule has 0 N–H and O–H groups in total. The van der Waals surface area contributed by atoms with Crippen LogP contribution >= 0.6 is 0 Å². The molecule has 0 aromatic heterocycles. The molecule has 0 atom stereocenters. The highest BCUT2D eigenvalue weighted by Gasteiger charge is 2.38. The Morgan fingerprint density at radius 3 is 2.11 bits per heavy atom. The second-order valence-corrected chi connectivity index (χ2v) is 4.11. The van der Waals surface area contributed by atoms with Gasteiger partial charge < -0.3 is 14.0 Å². The normalized spacial score (nSPS) is 13.5. The van der Waals surface area contributed by atoms with Gasteiger partial charge in [0.15, 0.2) is 0 Å². The van der Waals surface area contributed by atoms with E-state index in [0.717, 1.165) is 11.3 Å². The van der Waals surface area contributed by atoms with E-state index in [-0.39, 0.29) is 0 Å². The monoisotopic (exact) mass is 252 g/mol. The first kappa shape index (κ1) is 11.7. The highest BCUT2D eigenvalue weighted by molar-refractivity contribution is 6.41. The van der Waals surface area contributed by atoms with E-state index in [1.54, 1.807) is 0 Å². The minimum Gasteiger partial charge on any atom is -0.489 e. The molecule has 0 amide bonds. The van der Waals surface area contributed by atoms with Crippen molar-refractivity contribution < 1.29 is 14.0 Å². The van der Waals surface area contributed by atoms with E-state index in [4.69, 9.17) is 14.0 Å². The highest BCUT2D eigenvalue weighted by Crippen LogP contribution is 2.34. The fourth-order valence-corrected chi connectivity index (χ4v) is 1.93. The molecule has 0 saturated carbocycles. The van der Waals surface area contributed by atoms with Gasteiger partial charge in [0, 0.05) is 5.56 Å². The molecule has 0 saturated heterocycles. The van der Waals surface area contributed by atoms with Crippen LogP contribution in [-0.2, 0) is 4.65 Å². The summed E-state index contributed by atoms with van der Waals surface area (Å²) < 4.78 is 16.9. The molecule has 0 radical (unpaired) electrons. The summed E-state index contributed by atoms with van der Waals surface area (Å²) in [6.07, 6.45) is 1.89. The third-order valence-corrected chi connectivity index (χ3v) is 2.84. The van der Waals surface area contributed by atoms with Gasteiger partial charge in [0.25, 0.3) is 0 Å². The average molecular weight is 252 g/mol. The molecule has 0 aliphatic carbocycles. The van der Waals surface area contributed by atoms with Crippen molar-refractivity contribution in [3.8, 4) is 11.5 Å². The minimum atomic E-state index is -0.733. The van der Waals surface area contributed by atoms with Gasteiger partial charge in [-0.2, -0.15) is 0 Å². The molecule has 0 fully saturated rings. The topological polar surface area (TPSA) is 27.7 Å². The van der Waals surface area contributed by atoms with Crippen LogP contribution in [0.15, 0.2) is 60.7 Å². The van der Waals surface area contributed by atoms with Crippen LogP contribution < -0.4 is 9.31 Å². The zero-order valence-electron chi connectivity index (χ0n) is 10.6. The van der Waals surface area contributed by atoms with Gasteiger partial charge in [-0.05, 0) is 25.1 Å². The molecule has 2 aromatic rings. The summed E-state index contributed by atoms with van der Waals surface area (Å²) in [5.41, 5.74) is 0.994. The number of fused-ring (bicyclic) bond motifs is 1. The summed E-state index contributed by atoms with van der Waals surface area (Å²) >= 11 is 0. The number of rotatable bonds is 3. The second kappa shape index (κ2) is 5.10. The Morgan fingerprint density at radius 1 is 0.947 bits per heavy atom. The van der Waals surface area contributed by atoms with Crippen LogP contribution in [0.4, 0.5) is 0 Å². The van der Waals surface area contributed by atoms with Gasteiger partial charge in [0.2, 0.25) is 0 Å². The molecule has 1 heterocycles. The molecule has 0 bridgehead atoms. The molecule has 2 aromatic carbocycles. The molecule has 1 aliphatic heterocycles. The van der Waals surface area contributed by atoms with Crippen LogP contribution in [0.1, 0.15) is 12.5 Å². The van der Waals surface area contributed by atoms with Crippen molar-refractivity contribution in [1.82, 2.24) is 0 Å². The molecule has 4 heteroatoms. The first-order valence-corrected chi connectivity index (χ1v) is 6.17. The van der Waals surface area contributed by atoms with Crippen LogP contribution in [0.25, 0.3) is 5.76 Å². The molecular formula is C15H13BO3. The van der Waals surface area contributed by atoms with E-state index < -0.39 is 7.32 Å². The predicted octanol–water partition coefficient (Wildman–Crippen LogP) is 3.52. The maximum atomic E-state index is 5.75. The summed E-state index contributed by atoms with van der Waals surface area (Å²) in [6, 6.07) is 17.4. The Kier molecular flexibility index (Phi) is 3.15. The van der Waals surface area contributed by atoms with Gasteiger partial charge >= 0.3 is 7.32 Å². The third-order valence-electron chi connectivity index (χ3n) is 2.84. The molecule has 19 heavy (non-hydrogen) atoms. The fourth-order valence-electron chi connectivity index (χ4n) is 1.93. The summed E-state index contributed by atoms with van der Waals surface area (Å²) in [4.78, 5) is 0. The van der Waals surface area contributed by atoms with Crippen LogP contribution in [-0.4, -0.2) is 7.32 Å². The van der Waals surface area contributed by atoms with E-state index in [9.17, 15) is 0 Å². The number of para-hydroxylation sites is 2. The lowest BCUT2D eigenvalue weighted by Gasteiger charge is -2.11. The Hall–Kier alpha value is -2.36. The lowest BCUT2D eigenvalue weighted by molar-refractivity contribution is 0.329. The van der Waals surface area contributed by atoms with E-state index in [1.807, 2.05) is 67.6 Å². The summed E-state index contributed by atoms with van der Waals surface area (Å²) in [5.74, 6) is 2.14. The van der Waals surface area contributed by atoms with Crippen molar-refractivity contribution in [2.75, 3.05) is 0 Å². The van der Waals surface area contributed by atoms with Crippen molar-refractivity contribution in [2.24, 2.45) is 0 Å². The third kappa shape index (κ3) is 2.43. The van der Waals surface area contributed by atoms with Crippen molar-refractivity contribution in [2.45, 2.75) is 6.92 Å². The van der Waals surface area contributed by atoms with Crippen molar-refractivity contribution in [3.63, 3.8) is 0 Å². The average Bonchev–Trinajstić information content (AvgIpc) is 2.88. The molecule has 3 nitrogen and oxygen atoms in total. The summed E-state index contributed by atoms with van der Waals surface area (Å²) in [5, 5.41) is 0. The van der Waals surface area contributed by atoms with Crippen LogP contribution in [0, 0.1) is 0 Å². The van der Waals surface area contributed by atoms with E-state index in [2.05, 4.69) is 0 Å². The number of hydrogen-bond donors (Lipinski definition) is 0. The summed E-state index contributed by atoms with van der Waals surface area (Å²) in [7, 11) is -0.733. The second-order valence-electron chi connectivity index (χ2n) is 4.11. The Balaban J connectivity index is 1.73. The molecule has 3 rings (SSSR count). The first-order valence-electron chi connectivity index (χ1n) is 6.17. The lowest BCUT2D eigenvalue weighted by Crippen LogP contribution is -2.28. The SMILES string of the molecule is C/C=C(/OB1Oc2ccccc2O1)c1ccccc1. The quantitative estimate of drug-likeness (QED) is 0.617. The predicted molar refractivity (Wildman–Crippen MR) is 74.6 cm³/mol. The fraction of sp³-hybridized carbons (Fsp3) is 0.0667. The van der Waals surface area contributed by atoms with Crippen molar-refractivity contribution in [1.29, 1.82) is 0 Å². The lowest BCUT2D eigenvalue weighted by atomic mass is 10.1. The molecule has 0 spiro atoms. The maximum absolute atomic E-state index is 5.75. The Morgan fingerprint density at radius 2 is 1.53 bits per heavy atom. The molecule has 0 unspecified atom stereocenters. The van der Waals surface area contributed by atoms with Gasteiger partial charge in [0.05, 0.1) is 0 Å². The molecular weight excluding hydrogens is 239 g/mol. The van der Waals surface area contributed by atoms with E-state index in [1.165, 1.54) is 0 Å². The van der Waals surface area contributed by atoms with E-state index in [0.29, 0.717) is 11.5 Å². The minimum absolute atomic E-state index is 0.705. The standard InChI is InChI=1S/C15H13BO3/c1-2-13(12-8-4-3-5-9-12)17-16-18-14-10-6-7-11-15(14)19-16/h2-11H,1H3/b13-2+. The summed E-state index contributed by atoms with van der Waals surface area (Å²) in [6.45, 7) is 1.92. The maximum Gasteiger partial charge on any atom is 0.864 e. The van der Waals surface area contributed by atoms with E-state index >= 15 is 0 Å². The number of hydrogen-bond acceptors (Lipinski definition) is 3. The van der Waals surface area contributed by atoms with Crippen molar-refractivity contribution >= 4 is 13.1 Å². The van der Waals surface area contributed by atoms with Crippen molar-refractivity contribution in [3.05, 3.63) is 66.2 Å². The number of allylic oxidation sites excluding steroid dienone is 1. The molecule has 94 valence electrons. The zero-order chi connectivity index (χ0) is 13.1. The van der Waals surface area contributed by atoms with Crippen LogP contribution in [0.3, 0.4) is 0 Å². The van der Waals surface area contributed by atoms with Gasteiger partial charge in [0.1, 0.15) is 17.3 Å². The smallest absolute Gasteiger partial charge is 0.489 e.